The van der Waals surface area contributed by atoms with E-state index < -0.39 is 58.6 Å². The Kier molecular flexibility index (Phi) is 7.59. The largest absolute Gasteiger partial charge is 0.480 e. The quantitative estimate of drug-likeness (QED) is 0.337. The molecular formula is C17H13F7NO4S3-. The Morgan fingerprint density at radius 2 is 1.38 bits per heavy atom. The fraction of sp³-hybridized carbons (Fsp3) is 0.294. The van der Waals surface area contributed by atoms with Crippen LogP contribution in [0.2, 0.25) is 0 Å². The lowest BCUT2D eigenvalue weighted by atomic mass is 9.99. The van der Waals surface area contributed by atoms with Crippen molar-refractivity contribution >= 4 is 31.8 Å². The lowest BCUT2D eigenvalue weighted by Gasteiger charge is -2.23. The molecule has 0 aliphatic carbocycles. The third kappa shape index (κ3) is 5.21. The van der Waals surface area contributed by atoms with Gasteiger partial charge in [0.15, 0.2) is 33.3 Å². The normalized spacial score (nSPS) is 13.9. The Balaban J connectivity index is 2.52. The van der Waals surface area contributed by atoms with Crippen LogP contribution in [-0.2, 0) is 20.0 Å². The number of hydrogen-bond donors (Lipinski definition) is 0. The van der Waals surface area contributed by atoms with Crippen LogP contribution in [0.3, 0.4) is 0 Å². The van der Waals surface area contributed by atoms with Gasteiger partial charge in [-0.2, -0.15) is 13.2 Å². The topological polar surface area (TPSA) is 82.4 Å². The van der Waals surface area contributed by atoms with Crippen LogP contribution < -0.4 is 0 Å². The number of sulfonamides is 2. The number of benzene rings is 2. The predicted molar refractivity (Wildman–Crippen MR) is 101 cm³/mol. The molecule has 0 aliphatic heterocycles. The third-order valence-electron chi connectivity index (χ3n) is 4.21. The molecule has 1 unspecified atom stereocenters. The summed E-state index contributed by atoms with van der Waals surface area (Å²) in [5.41, 5.74) is -5.37. The highest BCUT2D eigenvalue weighted by Crippen LogP contribution is 2.40. The van der Waals surface area contributed by atoms with Crippen LogP contribution in [0.1, 0.15) is 31.7 Å². The lowest BCUT2D eigenvalue weighted by molar-refractivity contribution is -0.0425. The first-order valence-corrected chi connectivity index (χ1v) is 12.2. The fourth-order valence-corrected chi connectivity index (χ4v) is 5.50. The lowest BCUT2D eigenvalue weighted by Crippen LogP contribution is -2.25. The van der Waals surface area contributed by atoms with Crippen molar-refractivity contribution in [1.82, 2.24) is 0 Å². The molecule has 32 heavy (non-hydrogen) atoms. The van der Waals surface area contributed by atoms with Gasteiger partial charge < -0.3 is 4.13 Å². The first-order valence-electron chi connectivity index (χ1n) is 8.47. The van der Waals surface area contributed by atoms with Gasteiger partial charge in [-0.25, -0.2) is 34.4 Å². The van der Waals surface area contributed by atoms with Crippen LogP contribution in [-0.4, -0.2) is 22.3 Å². The second kappa shape index (κ2) is 9.19. The van der Waals surface area contributed by atoms with Crippen molar-refractivity contribution in [3.05, 3.63) is 57.2 Å². The molecule has 0 saturated carbocycles. The van der Waals surface area contributed by atoms with Crippen molar-refractivity contribution in [2.45, 2.75) is 46.4 Å². The monoisotopic (exact) mass is 524 g/mol. The first-order chi connectivity index (χ1) is 14.5. The van der Waals surface area contributed by atoms with Crippen molar-refractivity contribution in [2.75, 3.05) is 0 Å². The van der Waals surface area contributed by atoms with E-state index in [1.807, 2.05) is 13.8 Å². The minimum Gasteiger partial charge on any atom is -0.424 e. The molecule has 1 atom stereocenters. The number of halogens is 7. The maximum absolute atomic E-state index is 14.4. The standard InChI is InChI=1S/C17H13F7NO4S3/c1-3-8(2)9-4-6-10(7-5-9)30-15-11(18)13(20)16(14(21)12(15)19)31(26,27)25-32(28,29)17(22,23)24/h4-8H,3H2,1-2H3/q-1. The van der Waals surface area contributed by atoms with Gasteiger partial charge in [-0.15, -0.1) is 0 Å². The minimum absolute atomic E-state index is 0.105. The maximum Gasteiger partial charge on any atom is 0.480 e. The van der Waals surface area contributed by atoms with E-state index in [1.54, 1.807) is 12.1 Å². The molecule has 5 nitrogen and oxygen atoms in total. The van der Waals surface area contributed by atoms with E-state index in [4.69, 9.17) is 0 Å². The third-order valence-corrected chi connectivity index (χ3v) is 8.31. The highest BCUT2D eigenvalue weighted by molar-refractivity contribution is 8.12. The molecule has 2 rings (SSSR count). The summed E-state index contributed by atoms with van der Waals surface area (Å²) in [5.74, 6) is -9.60. The molecule has 0 bridgehead atoms. The number of rotatable bonds is 7. The van der Waals surface area contributed by atoms with Crippen LogP contribution in [0.5, 0.6) is 0 Å². The van der Waals surface area contributed by atoms with Gasteiger partial charge >= 0.3 is 5.51 Å². The van der Waals surface area contributed by atoms with Gasteiger partial charge in [0.2, 0.25) is 0 Å². The predicted octanol–water partition coefficient (Wildman–Crippen LogP) is 5.82. The van der Waals surface area contributed by atoms with Gasteiger partial charge in [-0.3, -0.25) is 0 Å². The van der Waals surface area contributed by atoms with Gasteiger partial charge in [-0.1, -0.05) is 37.7 Å². The maximum atomic E-state index is 14.4. The molecular weight excluding hydrogens is 511 g/mol. The van der Waals surface area contributed by atoms with Crippen molar-refractivity contribution in [1.29, 1.82) is 0 Å². The van der Waals surface area contributed by atoms with Crippen LogP contribution >= 0.6 is 11.8 Å². The molecule has 2 aromatic rings. The molecule has 0 fully saturated rings. The summed E-state index contributed by atoms with van der Waals surface area (Å²) in [6.07, 6.45) is 0.789. The van der Waals surface area contributed by atoms with E-state index in [9.17, 15) is 47.6 Å². The van der Waals surface area contributed by atoms with E-state index in [1.165, 1.54) is 16.3 Å². The van der Waals surface area contributed by atoms with Crippen LogP contribution in [0.25, 0.3) is 4.13 Å². The first kappa shape index (κ1) is 26.4. The van der Waals surface area contributed by atoms with E-state index in [-0.39, 0.29) is 22.6 Å². The average Bonchev–Trinajstić information content (AvgIpc) is 2.67. The fourth-order valence-electron chi connectivity index (χ4n) is 2.33. The zero-order valence-corrected chi connectivity index (χ0v) is 18.5. The van der Waals surface area contributed by atoms with Crippen molar-refractivity contribution in [2.24, 2.45) is 0 Å². The van der Waals surface area contributed by atoms with Crippen LogP contribution in [0.15, 0.2) is 39.0 Å². The van der Waals surface area contributed by atoms with Gasteiger partial charge in [0.05, 0.1) is 4.90 Å². The van der Waals surface area contributed by atoms with Crippen molar-refractivity contribution in [3.8, 4) is 0 Å². The molecule has 0 saturated heterocycles. The summed E-state index contributed by atoms with van der Waals surface area (Å²) in [6, 6.07) is 5.96. The number of alkyl halides is 3. The summed E-state index contributed by atoms with van der Waals surface area (Å²) in [6.45, 7) is 3.83. The average molecular weight is 524 g/mol. The highest BCUT2D eigenvalue weighted by atomic mass is 32.3. The Hall–Kier alpha value is -1.84. The Morgan fingerprint density at radius 1 is 0.906 bits per heavy atom. The van der Waals surface area contributed by atoms with E-state index in [0.717, 1.165) is 12.0 Å². The summed E-state index contributed by atoms with van der Waals surface area (Å²) in [4.78, 5) is -3.82. The zero-order chi connectivity index (χ0) is 24.6. The van der Waals surface area contributed by atoms with Gasteiger partial charge in [0, 0.05) is 4.90 Å². The molecule has 15 heteroatoms. The number of hydrogen-bond acceptors (Lipinski definition) is 5. The summed E-state index contributed by atoms with van der Waals surface area (Å²) in [7, 11) is -13.1. The molecule has 0 radical (unpaired) electrons. The molecule has 0 amide bonds. The molecule has 178 valence electrons. The smallest absolute Gasteiger partial charge is 0.424 e. The number of nitrogens with zero attached hydrogens (tertiary/aromatic N) is 1. The molecule has 0 aromatic heterocycles. The second-order valence-electron chi connectivity index (χ2n) is 6.36. The SMILES string of the molecule is CCC(C)c1ccc(Sc2c(F)c(F)c(S(=O)(=O)[N-]S(=O)(=O)C(F)(F)F)c(F)c2F)cc1. The second-order valence-corrected chi connectivity index (χ2v) is 10.8. The van der Waals surface area contributed by atoms with Gasteiger partial charge in [0.25, 0.3) is 0 Å². The molecule has 0 heterocycles. The van der Waals surface area contributed by atoms with Gasteiger partial charge in [-0.05, 0) is 30.0 Å². The zero-order valence-electron chi connectivity index (χ0n) is 16.0. The Bertz CT molecular complexity index is 1200. The summed E-state index contributed by atoms with van der Waals surface area (Å²) < 4.78 is 141. The molecule has 0 aliphatic rings. The molecule has 2 aromatic carbocycles. The Morgan fingerprint density at radius 3 is 1.78 bits per heavy atom. The van der Waals surface area contributed by atoms with Crippen LogP contribution in [0.4, 0.5) is 30.7 Å². The molecule has 0 spiro atoms. The van der Waals surface area contributed by atoms with E-state index in [0.29, 0.717) is 0 Å². The van der Waals surface area contributed by atoms with Crippen molar-refractivity contribution in [3.63, 3.8) is 0 Å². The Labute approximate surface area is 183 Å². The summed E-state index contributed by atoms with van der Waals surface area (Å²) in [5, 5.41) is 0. The van der Waals surface area contributed by atoms with E-state index >= 15 is 0 Å². The summed E-state index contributed by atoms with van der Waals surface area (Å²) >= 11 is 0.180. The van der Waals surface area contributed by atoms with Crippen LogP contribution in [0, 0.1) is 23.3 Å². The van der Waals surface area contributed by atoms with E-state index in [2.05, 4.69) is 0 Å². The highest BCUT2D eigenvalue weighted by Gasteiger charge is 2.42. The van der Waals surface area contributed by atoms with Gasteiger partial charge in [0.1, 0.15) is 14.9 Å². The minimum atomic E-state index is -6.78. The molecule has 0 N–H and O–H groups in total. The van der Waals surface area contributed by atoms with Crippen molar-refractivity contribution < 1.29 is 47.6 Å².